The molecular weight excluding hydrogens is 468 g/mol. The number of hydrogen-bond donors (Lipinski definition) is 4. The van der Waals surface area contributed by atoms with E-state index in [1.165, 1.54) is 6.21 Å². The number of rotatable bonds is 7. The molecule has 0 unspecified atom stereocenters. The fraction of sp³-hybridized carbons (Fsp3) is 0.250. The highest BCUT2D eigenvalue weighted by Gasteiger charge is 2.26. The summed E-state index contributed by atoms with van der Waals surface area (Å²) in [6.07, 6.45) is 1.32. The van der Waals surface area contributed by atoms with Crippen molar-refractivity contribution < 1.29 is 14.8 Å². The number of carbonyl (C=O) groups is 2. The fourth-order valence-electron chi connectivity index (χ4n) is 4.39. The van der Waals surface area contributed by atoms with Crippen LogP contribution >= 0.6 is 0 Å². The van der Waals surface area contributed by atoms with Crippen molar-refractivity contribution in [1.82, 2.24) is 15.3 Å². The van der Waals surface area contributed by atoms with Crippen LogP contribution in [0.3, 0.4) is 0 Å². The lowest BCUT2D eigenvalue weighted by atomic mass is 10.0. The molecule has 0 spiro atoms. The zero-order valence-corrected chi connectivity index (χ0v) is 21.1. The lowest BCUT2D eigenvalue weighted by Gasteiger charge is -2.36. The molecule has 4 rings (SSSR count). The summed E-state index contributed by atoms with van der Waals surface area (Å²) in [6.45, 7) is 3.24. The molecule has 0 atom stereocenters. The molecule has 9 nitrogen and oxygen atoms in total. The molecule has 37 heavy (non-hydrogen) atoms. The first kappa shape index (κ1) is 25.9. The van der Waals surface area contributed by atoms with Crippen LogP contribution in [0.4, 0.5) is 16.2 Å². The van der Waals surface area contributed by atoms with Gasteiger partial charge in [-0.1, -0.05) is 30.3 Å². The smallest absolute Gasteiger partial charge is 0.324 e. The van der Waals surface area contributed by atoms with Gasteiger partial charge in [0.05, 0.1) is 6.54 Å². The third kappa shape index (κ3) is 5.96. The van der Waals surface area contributed by atoms with Gasteiger partial charge >= 0.3 is 6.03 Å². The lowest BCUT2D eigenvalue weighted by molar-refractivity contribution is 0.0706. The van der Waals surface area contributed by atoms with Crippen molar-refractivity contribution in [3.63, 3.8) is 0 Å². The Bertz CT molecular complexity index is 1270. The van der Waals surface area contributed by atoms with Gasteiger partial charge in [0.15, 0.2) is 0 Å². The van der Waals surface area contributed by atoms with Gasteiger partial charge in [-0.2, -0.15) is 0 Å². The van der Waals surface area contributed by atoms with E-state index < -0.39 is 5.91 Å². The van der Waals surface area contributed by atoms with Gasteiger partial charge in [0.25, 0.3) is 5.91 Å². The number of nitrogens with zero attached hydrogens (tertiary/aromatic N) is 3. The number of amides is 3. The second kappa shape index (κ2) is 11.7. The standard InChI is InChI=1S/C28H32N6O3/c1-30-26-11-10-23(16-24(26)18-29)22-4-3-5-25(17-22)34(28(36)33-14-12-32(2)13-15-33)19-20-6-8-21(9-7-20)27(35)31-37/h3-11,16-18,29-30,37H,12-15,19H2,1-2H3,(H,31,35). The Balaban J connectivity index is 1.68. The maximum Gasteiger partial charge on any atom is 0.324 e. The second-order valence-electron chi connectivity index (χ2n) is 9.04. The van der Waals surface area contributed by atoms with Gasteiger partial charge in [-0.25, -0.2) is 10.3 Å². The molecule has 1 heterocycles. The largest absolute Gasteiger partial charge is 0.388 e. The zero-order chi connectivity index (χ0) is 26.4. The molecule has 0 aliphatic carbocycles. The second-order valence-corrected chi connectivity index (χ2v) is 9.04. The number of carbonyl (C=O) groups excluding carboxylic acids is 2. The first-order valence-electron chi connectivity index (χ1n) is 12.1. The third-order valence-corrected chi connectivity index (χ3v) is 6.63. The van der Waals surface area contributed by atoms with Crippen LogP contribution in [0.25, 0.3) is 11.1 Å². The van der Waals surface area contributed by atoms with Gasteiger partial charge in [-0.15, -0.1) is 0 Å². The van der Waals surface area contributed by atoms with Gasteiger partial charge in [0.2, 0.25) is 0 Å². The first-order valence-corrected chi connectivity index (χ1v) is 12.1. The number of likely N-dealkylation sites (N-methyl/N-ethyl adjacent to an activating group) is 1. The molecule has 1 fully saturated rings. The highest BCUT2D eigenvalue weighted by molar-refractivity contribution is 5.94. The van der Waals surface area contributed by atoms with Crippen LogP contribution in [0.2, 0.25) is 0 Å². The van der Waals surface area contributed by atoms with Crippen LogP contribution in [-0.4, -0.2) is 73.4 Å². The van der Waals surface area contributed by atoms with Crippen molar-refractivity contribution in [2.45, 2.75) is 6.54 Å². The summed E-state index contributed by atoms with van der Waals surface area (Å²) in [6, 6.07) is 20.5. The number of hydroxylamine groups is 1. The van der Waals surface area contributed by atoms with Gasteiger partial charge in [-0.3, -0.25) is 14.9 Å². The van der Waals surface area contributed by atoms with Crippen molar-refractivity contribution in [1.29, 1.82) is 5.41 Å². The van der Waals surface area contributed by atoms with Crippen molar-refractivity contribution in [2.75, 3.05) is 50.5 Å². The minimum absolute atomic E-state index is 0.0758. The van der Waals surface area contributed by atoms with Crippen molar-refractivity contribution >= 4 is 29.5 Å². The Kier molecular flexibility index (Phi) is 8.17. The molecule has 3 aromatic carbocycles. The van der Waals surface area contributed by atoms with Gasteiger partial charge in [0.1, 0.15) is 0 Å². The van der Waals surface area contributed by atoms with E-state index in [1.807, 2.05) is 54.4 Å². The third-order valence-electron chi connectivity index (χ3n) is 6.63. The van der Waals surface area contributed by atoms with Crippen molar-refractivity contribution in [3.05, 3.63) is 83.4 Å². The summed E-state index contributed by atoms with van der Waals surface area (Å²) < 4.78 is 0. The molecule has 0 bridgehead atoms. The average molecular weight is 501 g/mol. The SMILES string of the molecule is CNc1ccc(-c2cccc(N(Cc3ccc(C(=O)NO)cc3)C(=O)N3CCN(C)CC3)c2)cc1C=N. The molecule has 3 aromatic rings. The van der Waals surface area contributed by atoms with Gasteiger partial charge in [0, 0.05) is 61.9 Å². The predicted molar refractivity (Wildman–Crippen MR) is 146 cm³/mol. The van der Waals surface area contributed by atoms with Crippen molar-refractivity contribution in [3.8, 4) is 11.1 Å². The molecule has 3 amide bonds. The number of anilines is 2. The molecule has 192 valence electrons. The first-order chi connectivity index (χ1) is 17.9. The Morgan fingerprint density at radius 2 is 1.70 bits per heavy atom. The Labute approximate surface area is 216 Å². The van der Waals surface area contributed by atoms with E-state index >= 15 is 0 Å². The van der Waals surface area contributed by atoms with Crippen LogP contribution < -0.4 is 15.7 Å². The summed E-state index contributed by atoms with van der Waals surface area (Å²) in [7, 11) is 3.88. The maximum atomic E-state index is 13.8. The van der Waals surface area contributed by atoms with Gasteiger partial charge in [-0.05, 0) is 60.1 Å². The summed E-state index contributed by atoms with van der Waals surface area (Å²) in [5.41, 5.74) is 7.12. The van der Waals surface area contributed by atoms with E-state index in [2.05, 4.69) is 17.3 Å². The quantitative estimate of drug-likeness (QED) is 0.223. The normalized spacial score (nSPS) is 13.6. The maximum absolute atomic E-state index is 13.8. The summed E-state index contributed by atoms with van der Waals surface area (Å²) in [5, 5.41) is 19.7. The number of benzene rings is 3. The molecular formula is C28H32N6O3. The van der Waals surface area contributed by atoms with Crippen LogP contribution in [0.5, 0.6) is 0 Å². The van der Waals surface area contributed by atoms with Crippen LogP contribution in [-0.2, 0) is 6.54 Å². The monoisotopic (exact) mass is 500 g/mol. The molecule has 1 saturated heterocycles. The molecule has 0 radical (unpaired) electrons. The highest BCUT2D eigenvalue weighted by Crippen LogP contribution is 2.29. The molecule has 1 aliphatic rings. The Morgan fingerprint density at radius 1 is 1.00 bits per heavy atom. The molecule has 0 saturated carbocycles. The summed E-state index contributed by atoms with van der Waals surface area (Å²) in [5.74, 6) is -0.585. The minimum Gasteiger partial charge on any atom is -0.388 e. The van der Waals surface area contributed by atoms with E-state index in [4.69, 9.17) is 10.6 Å². The highest BCUT2D eigenvalue weighted by atomic mass is 16.5. The molecule has 9 heteroatoms. The van der Waals surface area contributed by atoms with E-state index in [1.54, 1.807) is 34.6 Å². The minimum atomic E-state index is -0.585. The van der Waals surface area contributed by atoms with Crippen LogP contribution in [0.1, 0.15) is 21.5 Å². The number of nitrogens with one attached hydrogen (secondary N) is 3. The predicted octanol–water partition coefficient (Wildman–Crippen LogP) is 3.89. The van der Waals surface area contributed by atoms with E-state index in [-0.39, 0.29) is 6.03 Å². The van der Waals surface area contributed by atoms with Crippen LogP contribution in [0.15, 0.2) is 66.7 Å². The Hall–Kier alpha value is -4.21. The number of hydrogen-bond acceptors (Lipinski definition) is 6. The molecule has 0 aromatic heterocycles. The molecule has 4 N–H and O–H groups in total. The average Bonchev–Trinajstić information content (AvgIpc) is 2.95. The lowest BCUT2D eigenvalue weighted by Crippen LogP contribution is -2.51. The fourth-order valence-corrected chi connectivity index (χ4v) is 4.39. The van der Waals surface area contributed by atoms with E-state index in [0.29, 0.717) is 25.2 Å². The topological polar surface area (TPSA) is 112 Å². The Morgan fingerprint density at radius 3 is 2.35 bits per heavy atom. The van der Waals surface area contributed by atoms with Crippen molar-refractivity contribution in [2.24, 2.45) is 0 Å². The van der Waals surface area contributed by atoms with Gasteiger partial charge < -0.3 is 20.5 Å². The zero-order valence-electron chi connectivity index (χ0n) is 21.1. The van der Waals surface area contributed by atoms with E-state index in [0.717, 1.165) is 46.7 Å². The number of piperazine rings is 1. The number of urea groups is 1. The molecule has 1 aliphatic heterocycles. The summed E-state index contributed by atoms with van der Waals surface area (Å²) >= 11 is 0. The summed E-state index contributed by atoms with van der Waals surface area (Å²) in [4.78, 5) is 31.3. The van der Waals surface area contributed by atoms with Crippen LogP contribution in [0, 0.1) is 5.41 Å². The van der Waals surface area contributed by atoms with E-state index in [9.17, 15) is 9.59 Å².